The van der Waals surface area contributed by atoms with Gasteiger partial charge in [0.2, 0.25) is 0 Å². The standard InChI is InChI=1S/C16H16N4O4S/c1-10-15(11(2)19-18-10)25(22,23)20-13-6-3-5-12(9-13)17-16(21)14-7-4-8-24-14/h3-9,20H,1-2H3,(H,17,21)(H,18,19). The summed E-state index contributed by atoms with van der Waals surface area (Å²) in [6, 6.07) is 9.52. The van der Waals surface area contributed by atoms with Gasteiger partial charge in [0.05, 0.1) is 23.3 Å². The van der Waals surface area contributed by atoms with Crippen LogP contribution in [0.3, 0.4) is 0 Å². The maximum Gasteiger partial charge on any atom is 0.291 e. The van der Waals surface area contributed by atoms with E-state index in [-0.39, 0.29) is 10.7 Å². The maximum atomic E-state index is 12.6. The van der Waals surface area contributed by atoms with Gasteiger partial charge in [-0.2, -0.15) is 5.10 Å². The lowest BCUT2D eigenvalue weighted by atomic mass is 10.3. The molecule has 2 heterocycles. The molecule has 0 aliphatic heterocycles. The molecule has 0 bridgehead atoms. The molecule has 1 aromatic carbocycles. The minimum absolute atomic E-state index is 0.109. The average Bonchev–Trinajstić information content (AvgIpc) is 3.17. The van der Waals surface area contributed by atoms with Crippen molar-refractivity contribution >= 4 is 27.3 Å². The zero-order chi connectivity index (χ0) is 18.0. The molecule has 0 saturated carbocycles. The number of hydrogen-bond donors (Lipinski definition) is 3. The predicted octanol–water partition coefficient (Wildman–Crippen LogP) is 2.67. The van der Waals surface area contributed by atoms with Gasteiger partial charge in [-0.25, -0.2) is 8.42 Å². The predicted molar refractivity (Wildman–Crippen MR) is 92.0 cm³/mol. The summed E-state index contributed by atoms with van der Waals surface area (Å²) in [5.41, 5.74) is 1.58. The van der Waals surface area contributed by atoms with E-state index in [1.807, 2.05) is 0 Å². The van der Waals surface area contributed by atoms with Crippen LogP contribution >= 0.6 is 0 Å². The van der Waals surface area contributed by atoms with Crippen molar-refractivity contribution in [2.24, 2.45) is 0 Å². The SMILES string of the molecule is Cc1n[nH]c(C)c1S(=O)(=O)Nc1cccc(NC(=O)c2ccco2)c1. The van der Waals surface area contributed by atoms with Crippen molar-refractivity contribution in [1.82, 2.24) is 10.2 Å². The molecule has 3 N–H and O–H groups in total. The molecule has 130 valence electrons. The van der Waals surface area contributed by atoms with Crippen LogP contribution in [0.25, 0.3) is 0 Å². The van der Waals surface area contributed by atoms with Crippen molar-refractivity contribution in [1.29, 1.82) is 0 Å². The molecule has 9 heteroatoms. The number of furan rings is 1. The van der Waals surface area contributed by atoms with Crippen LogP contribution in [0.4, 0.5) is 11.4 Å². The Morgan fingerprint density at radius 1 is 1.16 bits per heavy atom. The topological polar surface area (TPSA) is 117 Å². The number of H-pyrrole nitrogens is 1. The molecule has 1 amide bonds. The van der Waals surface area contributed by atoms with Crippen LogP contribution in [0.1, 0.15) is 21.9 Å². The largest absolute Gasteiger partial charge is 0.459 e. The van der Waals surface area contributed by atoms with E-state index < -0.39 is 15.9 Å². The van der Waals surface area contributed by atoms with Crippen LogP contribution in [0.5, 0.6) is 0 Å². The van der Waals surface area contributed by atoms with Crippen LogP contribution in [-0.4, -0.2) is 24.5 Å². The number of benzene rings is 1. The molecule has 0 atom stereocenters. The third kappa shape index (κ3) is 3.56. The molecule has 3 aromatic rings. The quantitative estimate of drug-likeness (QED) is 0.647. The molecular formula is C16H16N4O4S. The number of rotatable bonds is 5. The van der Waals surface area contributed by atoms with E-state index in [4.69, 9.17) is 4.42 Å². The molecule has 8 nitrogen and oxygen atoms in total. The first kappa shape index (κ1) is 16.8. The summed E-state index contributed by atoms with van der Waals surface area (Å²) >= 11 is 0. The molecule has 0 spiro atoms. The van der Waals surface area contributed by atoms with Gasteiger partial charge < -0.3 is 9.73 Å². The Balaban J connectivity index is 1.81. The molecular weight excluding hydrogens is 344 g/mol. The van der Waals surface area contributed by atoms with Gasteiger partial charge in [0.1, 0.15) is 4.90 Å². The highest BCUT2D eigenvalue weighted by Crippen LogP contribution is 2.23. The van der Waals surface area contributed by atoms with Crippen LogP contribution in [-0.2, 0) is 10.0 Å². The smallest absolute Gasteiger partial charge is 0.291 e. The zero-order valence-electron chi connectivity index (χ0n) is 13.5. The Labute approximate surface area is 144 Å². The number of carbonyl (C=O) groups is 1. The third-order valence-electron chi connectivity index (χ3n) is 3.45. The monoisotopic (exact) mass is 360 g/mol. The second kappa shape index (κ2) is 6.44. The van der Waals surface area contributed by atoms with E-state index in [9.17, 15) is 13.2 Å². The van der Waals surface area contributed by atoms with E-state index in [1.54, 1.807) is 38.1 Å². The van der Waals surface area contributed by atoms with E-state index >= 15 is 0 Å². The van der Waals surface area contributed by atoms with Gasteiger partial charge in [0.25, 0.3) is 15.9 Å². The average molecular weight is 360 g/mol. The van der Waals surface area contributed by atoms with Crippen molar-refractivity contribution in [3.63, 3.8) is 0 Å². The number of hydrogen-bond acceptors (Lipinski definition) is 5. The number of amides is 1. The number of carbonyl (C=O) groups excluding carboxylic acids is 1. The summed E-state index contributed by atoms with van der Waals surface area (Å²) in [6.45, 7) is 3.24. The van der Waals surface area contributed by atoms with Gasteiger partial charge in [-0.05, 0) is 44.2 Å². The van der Waals surface area contributed by atoms with Crippen molar-refractivity contribution in [3.8, 4) is 0 Å². The minimum atomic E-state index is -3.79. The van der Waals surface area contributed by atoms with Gasteiger partial charge in [-0.3, -0.25) is 14.6 Å². The van der Waals surface area contributed by atoms with Crippen molar-refractivity contribution < 1.29 is 17.6 Å². The van der Waals surface area contributed by atoms with Crippen LogP contribution in [0.15, 0.2) is 52.0 Å². The minimum Gasteiger partial charge on any atom is -0.459 e. The zero-order valence-corrected chi connectivity index (χ0v) is 14.3. The first-order chi connectivity index (χ1) is 11.9. The molecule has 0 unspecified atom stereocenters. The summed E-state index contributed by atoms with van der Waals surface area (Å²) < 4.78 is 32.6. The van der Waals surface area contributed by atoms with E-state index in [1.165, 1.54) is 18.4 Å². The van der Waals surface area contributed by atoms with E-state index in [2.05, 4.69) is 20.2 Å². The Hall–Kier alpha value is -3.07. The lowest BCUT2D eigenvalue weighted by molar-refractivity contribution is 0.0996. The molecule has 0 radical (unpaired) electrons. The fourth-order valence-corrected chi connectivity index (χ4v) is 3.83. The number of anilines is 2. The molecule has 0 aliphatic rings. The first-order valence-corrected chi connectivity index (χ1v) is 8.84. The van der Waals surface area contributed by atoms with Crippen molar-refractivity contribution in [2.45, 2.75) is 18.7 Å². The highest BCUT2D eigenvalue weighted by Gasteiger charge is 2.22. The lowest BCUT2D eigenvalue weighted by Crippen LogP contribution is -2.15. The first-order valence-electron chi connectivity index (χ1n) is 7.36. The number of nitrogens with zero attached hydrogens (tertiary/aromatic N) is 1. The molecule has 0 saturated heterocycles. The Morgan fingerprint density at radius 3 is 2.56 bits per heavy atom. The van der Waals surface area contributed by atoms with Gasteiger partial charge in [-0.1, -0.05) is 6.07 Å². The van der Waals surface area contributed by atoms with Gasteiger partial charge in [-0.15, -0.1) is 0 Å². The number of aromatic nitrogens is 2. The van der Waals surface area contributed by atoms with E-state index in [0.29, 0.717) is 22.8 Å². The summed E-state index contributed by atoms with van der Waals surface area (Å²) in [7, 11) is -3.79. The maximum absolute atomic E-state index is 12.6. The van der Waals surface area contributed by atoms with Crippen LogP contribution in [0, 0.1) is 13.8 Å². The van der Waals surface area contributed by atoms with Gasteiger partial charge in [0, 0.05) is 5.69 Å². The van der Waals surface area contributed by atoms with Gasteiger partial charge in [0.15, 0.2) is 5.76 Å². The van der Waals surface area contributed by atoms with E-state index in [0.717, 1.165) is 0 Å². The Morgan fingerprint density at radius 2 is 1.92 bits per heavy atom. The highest BCUT2D eigenvalue weighted by atomic mass is 32.2. The summed E-state index contributed by atoms with van der Waals surface area (Å²) in [5.74, 6) is -0.262. The third-order valence-corrected chi connectivity index (χ3v) is 5.09. The van der Waals surface area contributed by atoms with Gasteiger partial charge >= 0.3 is 0 Å². The fraction of sp³-hybridized carbons (Fsp3) is 0.125. The lowest BCUT2D eigenvalue weighted by Gasteiger charge is -2.10. The number of aromatic amines is 1. The second-order valence-corrected chi connectivity index (χ2v) is 7.00. The number of nitrogens with one attached hydrogen (secondary N) is 3. The van der Waals surface area contributed by atoms with Crippen LogP contribution < -0.4 is 10.0 Å². The van der Waals surface area contributed by atoms with Crippen LogP contribution in [0.2, 0.25) is 0 Å². The molecule has 3 rings (SSSR count). The summed E-state index contributed by atoms with van der Waals surface area (Å²) in [5, 5.41) is 9.19. The van der Waals surface area contributed by atoms with Crippen molar-refractivity contribution in [2.75, 3.05) is 10.0 Å². The second-order valence-electron chi connectivity index (χ2n) is 5.38. The molecule has 2 aromatic heterocycles. The molecule has 25 heavy (non-hydrogen) atoms. The Bertz CT molecular complexity index is 987. The normalized spacial score (nSPS) is 11.3. The summed E-state index contributed by atoms with van der Waals surface area (Å²) in [4.78, 5) is 12.1. The summed E-state index contributed by atoms with van der Waals surface area (Å²) in [6.07, 6.45) is 1.40. The molecule has 0 aliphatic carbocycles. The van der Waals surface area contributed by atoms with Crippen molar-refractivity contribution in [3.05, 3.63) is 59.8 Å². The fourth-order valence-electron chi connectivity index (χ4n) is 2.40. The number of aryl methyl sites for hydroxylation is 2. The molecule has 0 fully saturated rings. The highest BCUT2D eigenvalue weighted by molar-refractivity contribution is 7.92. The Kier molecular flexibility index (Phi) is 4.32. The number of sulfonamides is 1.